The number of ketones is 1. The minimum Gasteiger partial charge on any atom is -0.488 e. The molecule has 2 heteroatoms. The molecule has 0 amide bonds. The number of benzene rings is 2. The van der Waals surface area contributed by atoms with E-state index in [0.717, 1.165) is 23.3 Å². The maximum Gasteiger partial charge on any atom is 0.152 e. The van der Waals surface area contributed by atoms with E-state index in [1.807, 2.05) is 24.3 Å². The van der Waals surface area contributed by atoms with Gasteiger partial charge in [0, 0.05) is 5.56 Å². The lowest BCUT2D eigenvalue weighted by atomic mass is 9.79. The molecule has 0 atom stereocenters. The summed E-state index contributed by atoms with van der Waals surface area (Å²) >= 11 is 0. The number of ether oxygens (including phenoxy) is 1. The summed E-state index contributed by atoms with van der Waals surface area (Å²) < 4.78 is 6.17. The van der Waals surface area contributed by atoms with Gasteiger partial charge in [0.05, 0.1) is 0 Å². The van der Waals surface area contributed by atoms with Gasteiger partial charge in [0.2, 0.25) is 0 Å². The van der Waals surface area contributed by atoms with Crippen LogP contribution in [-0.4, -0.2) is 5.78 Å². The lowest BCUT2D eigenvalue weighted by Gasteiger charge is -2.26. The average Bonchev–Trinajstić information content (AvgIpc) is 2.69. The van der Waals surface area contributed by atoms with Crippen LogP contribution in [-0.2, 0) is 16.8 Å². The third-order valence-corrected chi connectivity index (χ3v) is 5.19. The van der Waals surface area contributed by atoms with Gasteiger partial charge in [-0.15, -0.1) is 0 Å². The van der Waals surface area contributed by atoms with Crippen LogP contribution in [0.3, 0.4) is 0 Å². The van der Waals surface area contributed by atoms with Crippen molar-refractivity contribution in [2.45, 2.75) is 71.8 Å². The largest absolute Gasteiger partial charge is 0.488 e. The smallest absolute Gasteiger partial charge is 0.152 e. The number of carbonyl (C=O) groups is 1. The molecule has 28 heavy (non-hydrogen) atoms. The molecular weight excluding hydrogens is 344 g/mol. The molecule has 0 spiro atoms. The summed E-state index contributed by atoms with van der Waals surface area (Å²) in [5.74, 6) is 0.870. The van der Waals surface area contributed by atoms with E-state index in [-0.39, 0.29) is 11.2 Å². The number of rotatable bonds is 11. The van der Waals surface area contributed by atoms with Crippen LogP contribution in [0.15, 0.2) is 54.6 Å². The fourth-order valence-electron chi connectivity index (χ4n) is 3.30. The van der Waals surface area contributed by atoms with Gasteiger partial charge >= 0.3 is 0 Å². The molecule has 2 nitrogen and oxygen atoms in total. The Balaban J connectivity index is 2.22. The van der Waals surface area contributed by atoms with Crippen LogP contribution >= 0.6 is 0 Å². The lowest BCUT2D eigenvalue weighted by Crippen LogP contribution is -2.17. The van der Waals surface area contributed by atoms with Crippen LogP contribution in [0.1, 0.15) is 76.5 Å². The van der Waals surface area contributed by atoms with E-state index >= 15 is 0 Å². The van der Waals surface area contributed by atoms with Crippen molar-refractivity contribution in [3.05, 3.63) is 71.3 Å². The molecular formula is C26H34O2. The van der Waals surface area contributed by atoms with Gasteiger partial charge in [-0.2, -0.15) is 0 Å². The second-order valence-corrected chi connectivity index (χ2v) is 8.17. The van der Waals surface area contributed by atoms with Gasteiger partial charge in [0.25, 0.3) is 0 Å². The molecule has 0 bridgehead atoms. The van der Waals surface area contributed by atoms with Gasteiger partial charge in [-0.25, -0.2) is 0 Å². The quantitative estimate of drug-likeness (QED) is 0.307. The van der Waals surface area contributed by atoms with Crippen molar-refractivity contribution in [1.82, 2.24) is 0 Å². The molecule has 0 saturated heterocycles. The molecule has 0 radical (unpaired) electrons. The van der Waals surface area contributed by atoms with Crippen molar-refractivity contribution in [3.8, 4) is 5.75 Å². The molecule has 0 fully saturated rings. The predicted octanol–water partition coefficient (Wildman–Crippen LogP) is 7.12. The highest BCUT2D eigenvalue weighted by molar-refractivity contribution is 5.91. The van der Waals surface area contributed by atoms with E-state index in [1.165, 1.54) is 31.2 Å². The van der Waals surface area contributed by atoms with Crippen molar-refractivity contribution < 1.29 is 9.53 Å². The molecule has 2 aromatic carbocycles. The van der Waals surface area contributed by atoms with Crippen molar-refractivity contribution in [2.75, 3.05) is 0 Å². The van der Waals surface area contributed by atoms with Gasteiger partial charge in [0.1, 0.15) is 12.4 Å². The summed E-state index contributed by atoms with van der Waals surface area (Å²) in [7, 11) is 0. The van der Waals surface area contributed by atoms with Crippen LogP contribution in [0.2, 0.25) is 0 Å². The maximum absolute atomic E-state index is 11.4. The van der Waals surface area contributed by atoms with Crippen molar-refractivity contribution in [2.24, 2.45) is 0 Å². The minimum absolute atomic E-state index is 0.0364. The maximum atomic E-state index is 11.4. The molecule has 0 N–H and O–H groups in total. The highest BCUT2D eigenvalue weighted by Crippen LogP contribution is 2.34. The Hall–Kier alpha value is -2.35. The number of carbonyl (C=O) groups excluding carboxylic acids is 1. The molecule has 0 heterocycles. The molecule has 2 aromatic rings. The summed E-state index contributed by atoms with van der Waals surface area (Å²) in [5, 5.41) is 0. The summed E-state index contributed by atoms with van der Waals surface area (Å²) in [4.78, 5) is 11.4. The highest BCUT2D eigenvalue weighted by Gasteiger charge is 2.21. The minimum atomic E-state index is 0.0364. The molecule has 2 rings (SSSR count). The van der Waals surface area contributed by atoms with E-state index in [2.05, 4.69) is 51.1 Å². The first-order valence-electron chi connectivity index (χ1n) is 10.4. The number of allylic oxidation sites excluding steroid dienone is 1. The zero-order chi connectivity index (χ0) is 20.4. The zero-order valence-electron chi connectivity index (χ0n) is 17.8. The highest BCUT2D eigenvalue weighted by atomic mass is 16.5. The fourth-order valence-corrected chi connectivity index (χ4v) is 3.30. The lowest BCUT2D eigenvalue weighted by molar-refractivity contribution is -0.112. The zero-order valence-corrected chi connectivity index (χ0v) is 17.8. The fraction of sp³-hybridized carbons (Fsp3) is 0.423. The molecule has 0 unspecified atom stereocenters. The van der Waals surface area contributed by atoms with Crippen molar-refractivity contribution in [3.63, 3.8) is 0 Å². The Bertz CT molecular complexity index is 772. The number of hydrogen-bond donors (Lipinski definition) is 0. The van der Waals surface area contributed by atoms with E-state index in [0.29, 0.717) is 6.61 Å². The second kappa shape index (κ2) is 10.8. The third kappa shape index (κ3) is 6.99. The van der Waals surface area contributed by atoms with Crippen LogP contribution in [0, 0.1) is 0 Å². The standard InChI is InChI=1S/C26H34O2/c1-5-6-7-11-18-26(3,4)24-17-16-23(15-14-21(2)27)25(19-24)28-20-22-12-9-8-10-13-22/h8-10,12-17,19H,5-7,11,18,20H2,1-4H3. The van der Waals surface area contributed by atoms with Crippen LogP contribution < -0.4 is 4.74 Å². The van der Waals surface area contributed by atoms with Gasteiger partial charge in [-0.05, 0) is 48.1 Å². The predicted molar refractivity (Wildman–Crippen MR) is 119 cm³/mol. The van der Waals surface area contributed by atoms with Gasteiger partial charge in [-0.3, -0.25) is 4.79 Å². The van der Waals surface area contributed by atoms with Crippen molar-refractivity contribution in [1.29, 1.82) is 0 Å². The Morgan fingerprint density at radius 2 is 1.79 bits per heavy atom. The normalized spacial score (nSPS) is 11.7. The van der Waals surface area contributed by atoms with E-state index in [4.69, 9.17) is 4.74 Å². The summed E-state index contributed by atoms with van der Waals surface area (Å²) in [6, 6.07) is 16.6. The van der Waals surface area contributed by atoms with Gasteiger partial charge < -0.3 is 4.74 Å². The Morgan fingerprint density at radius 1 is 1.04 bits per heavy atom. The summed E-state index contributed by atoms with van der Waals surface area (Å²) in [6.07, 6.45) is 9.70. The third-order valence-electron chi connectivity index (χ3n) is 5.19. The first-order valence-corrected chi connectivity index (χ1v) is 10.4. The summed E-state index contributed by atoms with van der Waals surface area (Å²) in [5.41, 5.74) is 3.46. The molecule has 150 valence electrons. The molecule has 0 aliphatic heterocycles. The first kappa shape index (κ1) is 21.9. The van der Waals surface area contributed by atoms with E-state index in [1.54, 1.807) is 13.0 Å². The first-order chi connectivity index (χ1) is 13.4. The van der Waals surface area contributed by atoms with Gasteiger partial charge in [-0.1, -0.05) is 88.9 Å². The molecule has 0 saturated carbocycles. The molecule has 0 aliphatic carbocycles. The van der Waals surface area contributed by atoms with Crippen LogP contribution in [0.5, 0.6) is 5.75 Å². The molecule has 0 aliphatic rings. The van der Waals surface area contributed by atoms with Crippen LogP contribution in [0.25, 0.3) is 6.08 Å². The van der Waals surface area contributed by atoms with Crippen LogP contribution in [0.4, 0.5) is 0 Å². The number of unbranched alkanes of at least 4 members (excludes halogenated alkanes) is 3. The average molecular weight is 379 g/mol. The Kier molecular flexibility index (Phi) is 8.50. The Morgan fingerprint density at radius 3 is 2.46 bits per heavy atom. The SMILES string of the molecule is CCCCCCC(C)(C)c1ccc(C=CC(C)=O)c(OCc2ccccc2)c1. The van der Waals surface area contributed by atoms with Crippen molar-refractivity contribution >= 4 is 11.9 Å². The van der Waals surface area contributed by atoms with Gasteiger partial charge in [0.15, 0.2) is 5.78 Å². The second-order valence-electron chi connectivity index (χ2n) is 8.17. The summed E-state index contributed by atoms with van der Waals surface area (Å²) in [6.45, 7) is 8.94. The molecule has 0 aromatic heterocycles. The van der Waals surface area contributed by atoms with E-state index in [9.17, 15) is 4.79 Å². The van der Waals surface area contributed by atoms with E-state index < -0.39 is 0 Å². The topological polar surface area (TPSA) is 26.3 Å². The Labute approximate surface area is 170 Å². The monoisotopic (exact) mass is 378 g/mol. The number of hydrogen-bond acceptors (Lipinski definition) is 2.